The summed E-state index contributed by atoms with van der Waals surface area (Å²) in [5, 5.41) is 1.80. The molecule has 0 amide bonds. The highest BCUT2D eigenvalue weighted by Crippen LogP contribution is 2.35. The van der Waals surface area contributed by atoms with E-state index in [1.807, 2.05) is 18.5 Å². The molecular formula is C19H23N5O. The van der Waals surface area contributed by atoms with E-state index in [4.69, 9.17) is 10.6 Å². The minimum Gasteiger partial charge on any atom is -0.332 e. The molecule has 3 aliphatic rings. The monoisotopic (exact) mass is 337 g/mol. The van der Waals surface area contributed by atoms with E-state index in [1.54, 1.807) is 12.2 Å². The largest absolute Gasteiger partial charge is 0.332 e. The van der Waals surface area contributed by atoms with Crippen molar-refractivity contribution in [3.8, 4) is 0 Å². The first-order valence-corrected chi connectivity index (χ1v) is 8.50. The van der Waals surface area contributed by atoms with Crippen molar-refractivity contribution in [3.05, 3.63) is 71.1 Å². The van der Waals surface area contributed by atoms with E-state index in [-0.39, 0.29) is 6.04 Å². The van der Waals surface area contributed by atoms with Crippen LogP contribution >= 0.6 is 0 Å². The van der Waals surface area contributed by atoms with Gasteiger partial charge < -0.3 is 15.5 Å². The molecule has 1 aromatic rings. The fourth-order valence-electron chi connectivity index (χ4n) is 3.40. The molecule has 0 spiro atoms. The molecule has 0 radical (unpaired) electrons. The average molecular weight is 337 g/mol. The van der Waals surface area contributed by atoms with E-state index in [0.29, 0.717) is 6.67 Å². The second-order valence-corrected chi connectivity index (χ2v) is 6.47. The number of hydrogen-bond donors (Lipinski definition) is 1. The smallest absolute Gasteiger partial charge is 0.138 e. The van der Waals surface area contributed by atoms with Crippen LogP contribution in [-0.2, 0) is 11.3 Å². The van der Waals surface area contributed by atoms with Crippen LogP contribution in [0.4, 0.5) is 0 Å². The molecule has 3 heterocycles. The summed E-state index contributed by atoms with van der Waals surface area (Å²) in [5.41, 5.74) is 10.8. The molecule has 6 heteroatoms. The van der Waals surface area contributed by atoms with E-state index in [1.165, 1.54) is 5.56 Å². The minimum absolute atomic E-state index is 0.169. The molecule has 1 unspecified atom stereocenters. The number of allylic oxidation sites excluding steroid dienone is 1. The number of rotatable bonds is 4. The molecule has 2 N–H and O–H groups in total. The minimum atomic E-state index is -0.169. The second kappa shape index (κ2) is 6.38. The molecule has 3 aliphatic heterocycles. The highest BCUT2D eigenvalue weighted by molar-refractivity contribution is 5.81. The molecule has 6 nitrogen and oxygen atoms in total. The van der Waals surface area contributed by atoms with Gasteiger partial charge in [0.1, 0.15) is 18.2 Å². The second-order valence-electron chi connectivity index (χ2n) is 6.47. The molecule has 0 aliphatic carbocycles. The Balaban J connectivity index is 1.62. The van der Waals surface area contributed by atoms with Crippen molar-refractivity contribution in [1.29, 1.82) is 0 Å². The number of fused-ring (bicyclic) bond motifs is 2. The molecule has 0 bridgehead atoms. The Morgan fingerprint density at radius 1 is 1.24 bits per heavy atom. The molecule has 4 rings (SSSR count). The molecule has 0 aromatic heterocycles. The maximum atomic E-state index is 6.39. The third-order valence-corrected chi connectivity index (χ3v) is 4.82. The number of nitrogens with two attached hydrogens (primary N) is 1. The van der Waals surface area contributed by atoms with Gasteiger partial charge in [-0.1, -0.05) is 30.3 Å². The van der Waals surface area contributed by atoms with Gasteiger partial charge in [0.15, 0.2) is 0 Å². The van der Waals surface area contributed by atoms with Crippen LogP contribution in [-0.4, -0.2) is 47.4 Å². The summed E-state index contributed by atoms with van der Waals surface area (Å²) >= 11 is 0. The summed E-state index contributed by atoms with van der Waals surface area (Å²) in [4.78, 5) is 14.5. The Morgan fingerprint density at radius 3 is 2.80 bits per heavy atom. The van der Waals surface area contributed by atoms with Gasteiger partial charge in [-0.2, -0.15) is 0 Å². The van der Waals surface area contributed by atoms with Gasteiger partial charge in [-0.05, 0) is 24.5 Å². The summed E-state index contributed by atoms with van der Waals surface area (Å²) in [5.74, 6) is 1.06. The summed E-state index contributed by atoms with van der Waals surface area (Å²) in [6.07, 6.45) is 6.94. The molecule has 1 atom stereocenters. The Kier molecular flexibility index (Phi) is 4.07. The lowest BCUT2D eigenvalue weighted by molar-refractivity contribution is -0.0968. The van der Waals surface area contributed by atoms with E-state index in [2.05, 4.69) is 52.2 Å². The van der Waals surface area contributed by atoms with E-state index in [0.717, 1.165) is 35.8 Å². The van der Waals surface area contributed by atoms with Crippen molar-refractivity contribution in [3.63, 3.8) is 0 Å². The Hall–Kier alpha value is -2.57. The lowest BCUT2D eigenvalue weighted by Gasteiger charge is -2.40. The van der Waals surface area contributed by atoms with Gasteiger partial charge >= 0.3 is 0 Å². The fourth-order valence-corrected chi connectivity index (χ4v) is 3.40. The van der Waals surface area contributed by atoms with Crippen molar-refractivity contribution < 1.29 is 4.84 Å². The highest BCUT2D eigenvalue weighted by Gasteiger charge is 2.35. The molecule has 25 heavy (non-hydrogen) atoms. The van der Waals surface area contributed by atoms with Gasteiger partial charge in [-0.25, -0.2) is 5.06 Å². The van der Waals surface area contributed by atoms with Crippen LogP contribution in [0.25, 0.3) is 0 Å². The third-order valence-electron chi connectivity index (χ3n) is 4.82. The van der Waals surface area contributed by atoms with Crippen LogP contribution in [0.2, 0.25) is 0 Å². The van der Waals surface area contributed by atoms with Crippen molar-refractivity contribution in [2.75, 3.05) is 20.3 Å². The summed E-state index contributed by atoms with van der Waals surface area (Å²) < 4.78 is 0. The van der Waals surface area contributed by atoms with E-state index >= 15 is 0 Å². The van der Waals surface area contributed by atoms with Crippen LogP contribution in [0, 0.1) is 0 Å². The Morgan fingerprint density at radius 2 is 2.04 bits per heavy atom. The normalized spacial score (nSPS) is 22.0. The Bertz CT molecular complexity index is 780. The summed E-state index contributed by atoms with van der Waals surface area (Å²) in [7, 11) is 1.67. The standard InChI is InChI=1S/C19H23N5O/c1-14-11-22(9-8-15-6-4-3-5-7-15)19-18(17(14)20)21-10-16-12-23(25-2)13-24(16)19/h3-7,10-12,17H,8-9,13,20H2,1-2H3. The van der Waals surface area contributed by atoms with Crippen molar-refractivity contribution >= 4 is 6.21 Å². The number of benzene rings is 1. The SMILES string of the molecule is CON1C=C2C=NC3=C(N(CCc4ccccc4)C=C(C)C3N)N2C1. The third kappa shape index (κ3) is 2.83. The first-order valence-electron chi connectivity index (χ1n) is 8.50. The number of aliphatic imine (C=N–C) groups is 1. The quantitative estimate of drug-likeness (QED) is 0.911. The lowest BCUT2D eigenvalue weighted by atomic mass is 10.0. The molecule has 0 saturated heterocycles. The number of hydroxylamine groups is 2. The van der Waals surface area contributed by atoms with Gasteiger partial charge in [-0.3, -0.25) is 9.83 Å². The Labute approximate surface area is 148 Å². The van der Waals surface area contributed by atoms with Gasteiger partial charge in [0.25, 0.3) is 0 Å². The average Bonchev–Trinajstić information content (AvgIpc) is 3.07. The predicted octanol–water partition coefficient (Wildman–Crippen LogP) is 2.01. The molecule has 0 fully saturated rings. The zero-order valence-electron chi connectivity index (χ0n) is 14.6. The maximum Gasteiger partial charge on any atom is 0.138 e. The molecular weight excluding hydrogens is 314 g/mol. The number of hydrogen-bond acceptors (Lipinski definition) is 6. The van der Waals surface area contributed by atoms with Crippen LogP contribution in [0.15, 0.2) is 70.5 Å². The van der Waals surface area contributed by atoms with Gasteiger partial charge in [0.2, 0.25) is 0 Å². The van der Waals surface area contributed by atoms with E-state index < -0.39 is 0 Å². The topological polar surface area (TPSA) is 57.3 Å². The first kappa shape index (κ1) is 15.9. The fraction of sp³-hybridized carbons (Fsp3) is 0.316. The zero-order chi connectivity index (χ0) is 17.4. The van der Waals surface area contributed by atoms with Crippen LogP contribution < -0.4 is 5.73 Å². The summed E-state index contributed by atoms with van der Waals surface area (Å²) in [6.45, 7) is 3.58. The van der Waals surface area contributed by atoms with Crippen molar-refractivity contribution in [2.45, 2.75) is 19.4 Å². The first-order chi connectivity index (χ1) is 12.2. The van der Waals surface area contributed by atoms with E-state index in [9.17, 15) is 0 Å². The molecule has 130 valence electrons. The van der Waals surface area contributed by atoms with Gasteiger partial charge in [-0.15, -0.1) is 0 Å². The molecule has 0 saturated carbocycles. The maximum absolute atomic E-state index is 6.39. The van der Waals surface area contributed by atoms with Gasteiger partial charge in [0.05, 0.1) is 31.3 Å². The van der Waals surface area contributed by atoms with Crippen LogP contribution in [0.5, 0.6) is 0 Å². The highest BCUT2D eigenvalue weighted by atomic mass is 16.7. The van der Waals surface area contributed by atoms with Gasteiger partial charge in [0, 0.05) is 12.7 Å². The number of nitrogens with zero attached hydrogens (tertiary/aromatic N) is 4. The van der Waals surface area contributed by atoms with Crippen molar-refractivity contribution in [2.24, 2.45) is 10.7 Å². The zero-order valence-corrected chi connectivity index (χ0v) is 14.6. The lowest BCUT2D eigenvalue weighted by Crippen LogP contribution is -2.43. The summed E-state index contributed by atoms with van der Waals surface area (Å²) in [6, 6.07) is 10.4. The van der Waals surface area contributed by atoms with Crippen LogP contribution in [0.1, 0.15) is 12.5 Å². The van der Waals surface area contributed by atoms with Crippen LogP contribution in [0.3, 0.4) is 0 Å². The van der Waals surface area contributed by atoms with Crippen molar-refractivity contribution in [1.82, 2.24) is 14.9 Å². The predicted molar refractivity (Wildman–Crippen MR) is 97.7 cm³/mol. The molecule has 1 aromatic carbocycles.